The van der Waals surface area contributed by atoms with E-state index in [-0.39, 0.29) is 11.3 Å². The van der Waals surface area contributed by atoms with Gasteiger partial charge in [-0.15, -0.1) is 0 Å². The van der Waals surface area contributed by atoms with Crippen molar-refractivity contribution >= 4 is 23.2 Å². The molecule has 6 heteroatoms. The lowest BCUT2D eigenvalue weighted by molar-refractivity contribution is -0.133. The maximum atomic E-state index is 13.7. The number of Topliss-reactive ketones (excluding diaryl/α,β-unsaturated/α-hetero) is 2. The molecule has 0 radical (unpaired) electrons. The summed E-state index contributed by atoms with van der Waals surface area (Å²) < 4.78 is 19.4. The van der Waals surface area contributed by atoms with Crippen LogP contribution < -0.4 is 10.1 Å². The maximum absolute atomic E-state index is 13.7. The van der Waals surface area contributed by atoms with Crippen LogP contribution in [0.25, 0.3) is 0 Å². The van der Waals surface area contributed by atoms with Crippen molar-refractivity contribution < 1.29 is 23.5 Å². The SMILES string of the molecule is CC(C)C(=O)C(C(=O)Nc1ccc(OCc2ccccc2)cc1)C(C(=O)c1ccc(F)cc1)c1ccccc1. The van der Waals surface area contributed by atoms with Crippen molar-refractivity contribution in [3.8, 4) is 5.75 Å². The highest BCUT2D eigenvalue weighted by molar-refractivity contribution is 6.14. The molecule has 1 amide bonds. The fourth-order valence-electron chi connectivity index (χ4n) is 4.35. The number of carbonyl (C=O) groups excluding carboxylic acids is 3. The topological polar surface area (TPSA) is 72.5 Å². The van der Waals surface area contributed by atoms with E-state index in [0.717, 1.165) is 5.56 Å². The number of amides is 1. The minimum Gasteiger partial charge on any atom is -0.489 e. The van der Waals surface area contributed by atoms with Crippen LogP contribution in [0.3, 0.4) is 0 Å². The first-order chi connectivity index (χ1) is 18.8. The van der Waals surface area contributed by atoms with Crippen LogP contribution in [0.5, 0.6) is 5.75 Å². The fraction of sp³-hybridized carbons (Fsp3) is 0.182. The molecule has 39 heavy (non-hydrogen) atoms. The van der Waals surface area contributed by atoms with Gasteiger partial charge < -0.3 is 10.1 Å². The molecule has 0 saturated carbocycles. The van der Waals surface area contributed by atoms with E-state index in [1.807, 2.05) is 30.3 Å². The maximum Gasteiger partial charge on any atom is 0.236 e. The van der Waals surface area contributed by atoms with Crippen molar-refractivity contribution in [1.82, 2.24) is 0 Å². The minimum absolute atomic E-state index is 0.222. The van der Waals surface area contributed by atoms with Crippen molar-refractivity contribution in [2.75, 3.05) is 5.32 Å². The summed E-state index contributed by atoms with van der Waals surface area (Å²) in [6.45, 7) is 3.81. The number of anilines is 1. The second kappa shape index (κ2) is 12.8. The quantitative estimate of drug-likeness (QED) is 0.172. The number of hydrogen-bond donors (Lipinski definition) is 1. The molecule has 0 saturated heterocycles. The highest BCUT2D eigenvalue weighted by Crippen LogP contribution is 2.33. The van der Waals surface area contributed by atoms with Crippen molar-refractivity contribution in [3.63, 3.8) is 0 Å². The zero-order valence-corrected chi connectivity index (χ0v) is 21.8. The summed E-state index contributed by atoms with van der Waals surface area (Å²) in [7, 11) is 0. The Bertz CT molecular complexity index is 1400. The average molecular weight is 524 g/mol. The van der Waals surface area contributed by atoms with Gasteiger partial charge in [-0.1, -0.05) is 74.5 Å². The normalized spacial score (nSPS) is 12.4. The van der Waals surface area contributed by atoms with Gasteiger partial charge in [0, 0.05) is 17.2 Å². The van der Waals surface area contributed by atoms with E-state index >= 15 is 0 Å². The van der Waals surface area contributed by atoms with Crippen LogP contribution in [0, 0.1) is 17.7 Å². The standard InChI is InChI=1S/C33H30FNO4/c1-22(2)31(36)30(29(24-11-7-4-8-12-24)32(37)25-13-15-26(34)16-14-25)33(38)35-27-17-19-28(20-18-27)39-21-23-9-5-3-6-10-23/h3-20,22,29-30H,21H2,1-2H3,(H,35,38). The molecular weight excluding hydrogens is 493 g/mol. The number of rotatable bonds is 11. The number of ether oxygens (including phenoxy) is 1. The molecule has 0 aliphatic rings. The van der Waals surface area contributed by atoms with Crippen LogP contribution in [-0.4, -0.2) is 17.5 Å². The first kappa shape index (κ1) is 27.5. The lowest BCUT2D eigenvalue weighted by Crippen LogP contribution is -2.40. The van der Waals surface area contributed by atoms with Gasteiger partial charge in [0.25, 0.3) is 0 Å². The largest absolute Gasteiger partial charge is 0.489 e. The Balaban J connectivity index is 1.60. The Kier molecular flexibility index (Phi) is 9.00. The van der Waals surface area contributed by atoms with Gasteiger partial charge in [-0.3, -0.25) is 14.4 Å². The number of carbonyl (C=O) groups is 3. The summed E-state index contributed by atoms with van der Waals surface area (Å²) in [5.74, 6) is -4.11. The molecule has 0 spiro atoms. The summed E-state index contributed by atoms with van der Waals surface area (Å²) in [6.07, 6.45) is 0. The molecule has 4 rings (SSSR count). The summed E-state index contributed by atoms with van der Waals surface area (Å²) in [5.41, 5.74) is 2.25. The van der Waals surface area contributed by atoms with Crippen LogP contribution in [0.2, 0.25) is 0 Å². The second-order valence-corrected chi connectivity index (χ2v) is 9.58. The minimum atomic E-state index is -1.29. The molecule has 5 nitrogen and oxygen atoms in total. The molecule has 0 aliphatic heterocycles. The van der Waals surface area contributed by atoms with Gasteiger partial charge in [-0.2, -0.15) is 0 Å². The average Bonchev–Trinajstić information content (AvgIpc) is 2.96. The zero-order valence-electron chi connectivity index (χ0n) is 21.8. The molecule has 1 N–H and O–H groups in total. The molecule has 4 aromatic carbocycles. The summed E-state index contributed by atoms with van der Waals surface area (Å²) >= 11 is 0. The van der Waals surface area contributed by atoms with E-state index in [1.54, 1.807) is 68.4 Å². The third kappa shape index (κ3) is 7.05. The molecule has 4 aromatic rings. The van der Waals surface area contributed by atoms with Gasteiger partial charge in [0.1, 0.15) is 29.9 Å². The van der Waals surface area contributed by atoms with Crippen LogP contribution in [0.4, 0.5) is 10.1 Å². The van der Waals surface area contributed by atoms with Gasteiger partial charge in [0.15, 0.2) is 5.78 Å². The van der Waals surface area contributed by atoms with Crippen LogP contribution in [-0.2, 0) is 16.2 Å². The molecule has 198 valence electrons. The molecule has 0 aliphatic carbocycles. The van der Waals surface area contributed by atoms with Crippen LogP contribution >= 0.6 is 0 Å². The highest BCUT2D eigenvalue weighted by Gasteiger charge is 2.41. The van der Waals surface area contributed by atoms with E-state index < -0.39 is 35.3 Å². The van der Waals surface area contributed by atoms with Crippen LogP contribution in [0.1, 0.15) is 41.3 Å². The van der Waals surface area contributed by atoms with E-state index in [2.05, 4.69) is 5.32 Å². The fourth-order valence-corrected chi connectivity index (χ4v) is 4.35. The Morgan fingerprint density at radius 2 is 1.36 bits per heavy atom. The first-order valence-corrected chi connectivity index (χ1v) is 12.8. The highest BCUT2D eigenvalue weighted by atomic mass is 19.1. The van der Waals surface area contributed by atoms with Crippen molar-refractivity contribution in [3.05, 3.63) is 132 Å². The third-order valence-corrected chi connectivity index (χ3v) is 6.43. The lowest BCUT2D eigenvalue weighted by atomic mass is 9.75. The van der Waals surface area contributed by atoms with Crippen molar-refractivity contribution in [1.29, 1.82) is 0 Å². The number of nitrogens with one attached hydrogen (secondary N) is 1. The molecule has 0 heterocycles. The monoisotopic (exact) mass is 523 g/mol. The Morgan fingerprint density at radius 3 is 1.95 bits per heavy atom. The van der Waals surface area contributed by atoms with Gasteiger partial charge in [-0.05, 0) is 59.7 Å². The van der Waals surface area contributed by atoms with Gasteiger partial charge in [0.2, 0.25) is 5.91 Å². The second-order valence-electron chi connectivity index (χ2n) is 9.58. The van der Waals surface area contributed by atoms with E-state index in [1.165, 1.54) is 24.3 Å². The Morgan fingerprint density at radius 1 is 0.769 bits per heavy atom. The number of benzene rings is 4. The molecule has 0 aromatic heterocycles. The predicted molar refractivity (Wildman–Crippen MR) is 149 cm³/mol. The molecule has 2 unspecified atom stereocenters. The Hall–Kier alpha value is -4.58. The zero-order chi connectivity index (χ0) is 27.8. The van der Waals surface area contributed by atoms with Gasteiger partial charge >= 0.3 is 0 Å². The van der Waals surface area contributed by atoms with E-state index in [9.17, 15) is 18.8 Å². The van der Waals surface area contributed by atoms with E-state index in [0.29, 0.717) is 23.6 Å². The van der Waals surface area contributed by atoms with Gasteiger partial charge in [-0.25, -0.2) is 4.39 Å². The Labute approximate surface area is 227 Å². The smallest absolute Gasteiger partial charge is 0.236 e. The molecule has 0 fully saturated rings. The lowest BCUT2D eigenvalue weighted by Gasteiger charge is -2.26. The number of halogens is 1. The van der Waals surface area contributed by atoms with Crippen molar-refractivity contribution in [2.24, 2.45) is 11.8 Å². The first-order valence-electron chi connectivity index (χ1n) is 12.8. The van der Waals surface area contributed by atoms with E-state index in [4.69, 9.17) is 4.74 Å². The van der Waals surface area contributed by atoms with Gasteiger partial charge in [0.05, 0.1) is 5.92 Å². The summed E-state index contributed by atoms with van der Waals surface area (Å²) in [6, 6.07) is 30.5. The number of hydrogen-bond acceptors (Lipinski definition) is 4. The summed E-state index contributed by atoms with van der Waals surface area (Å²) in [5, 5.41) is 2.82. The number of ketones is 2. The molecular formula is C33H30FNO4. The van der Waals surface area contributed by atoms with Crippen molar-refractivity contribution in [2.45, 2.75) is 26.4 Å². The summed E-state index contributed by atoms with van der Waals surface area (Å²) in [4.78, 5) is 40.9. The van der Waals surface area contributed by atoms with Crippen LogP contribution in [0.15, 0.2) is 109 Å². The molecule has 2 atom stereocenters. The molecule has 0 bridgehead atoms. The third-order valence-electron chi connectivity index (χ3n) is 6.43. The predicted octanol–water partition coefficient (Wildman–Crippen LogP) is 6.85.